The summed E-state index contributed by atoms with van der Waals surface area (Å²) in [6, 6.07) is 5.19. The molecule has 0 spiro atoms. The molecule has 0 aliphatic rings. The van der Waals surface area contributed by atoms with Gasteiger partial charge in [0.2, 0.25) is 9.84 Å². The summed E-state index contributed by atoms with van der Waals surface area (Å²) in [5, 5.41) is 8.90. The number of halogens is 1. The van der Waals surface area contributed by atoms with Gasteiger partial charge in [0, 0.05) is 5.02 Å². The highest BCUT2D eigenvalue weighted by Crippen LogP contribution is 2.20. The number of benzene rings is 1. The van der Waals surface area contributed by atoms with Crippen LogP contribution in [0.1, 0.15) is 0 Å². The summed E-state index contributed by atoms with van der Waals surface area (Å²) >= 11 is 5.57. The van der Waals surface area contributed by atoms with Crippen molar-refractivity contribution in [3.05, 3.63) is 40.8 Å². The smallest absolute Gasteiger partial charge is 0.347 e. The van der Waals surface area contributed by atoms with Crippen LogP contribution in [0.4, 0.5) is 0 Å². The molecule has 80 valence electrons. The normalized spacial score (nSPS) is 11.0. The van der Waals surface area contributed by atoms with Gasteiger partial charge in [-0.3, -0.25) is 0 Å². The van der Waals surface area contributed by atoms with E-state index in [1.54, 1.807) is 0 Å². The van der Waals surface area contributed by atoms with Gasteiger partial charge in [-0.1, -0.05) is 18.2 Å². The van der Waals surface area contributed by atoms with E-state index >= 15 is 0 Å². The molecule has 1 rings (SSSR count). The molecule has 0 aromatic heterocycles. The van der Waals surface area contributed by atoms with E-state index in [2.05, 4.69) is 6.58 Å². The zero-order chi connectivity index (χ0) is 11.6. The molecule has 0 aliphatic heterocycles. The molecular formula is C9H7ClO4S. The van der Waals surface area contributed by atoms with Crippen LogP contribution < -0.4 is 0 Å². The first kappa shape index (κ1) is 11.7. The molecule has 15 heavy (non-hydrogen) atoms. The van der Waals surface area contributed by atoms with Crippen LogP contribution in [0.25, 0.3) is 0 Å². The lowest BCUT2D eigenvalue weighted by molar-refractivity contribution is -0.131. The Labute approximate surface area is 91.7 Å². The Bertz CT molecular complexity index is 501. The van der Waals surface area contributed by atoms with Crippen LogP contribution in [-0.2, 0) is 14.6 Å². The third-order valence-corrected chi connectivity index (χ3v) is 3.65. The summed E-state index contributed by atoms with van der Waals surface area (Å²) in [5.41, 5.74) is 0. The molecule has 0 aliphatic carbocycles. The second-order valence-electron chi connectivity index (χ2n) is 2.69. The van der Waals surface area contributed by atoms with Crippen molar-refractivity contribution in [1.29, 1.82) is 0 Å². The lowest BCUT2D eigenvalue weighted by atomic mass is 10.4. The Morgan fingerprint density at radius 2 is 1.73 bits per heavy atom. The second kappa shape index (κ2) is 4.04. The first-order chi connectivity index (χ1) is 6.85. The third kappa shape index (κ3) is 2.37. The Balaban J connectivity index is 3.24. The minimum atomic E-state index is -4.01. The van der Waals surface area contributed by atoms with Crippen molar-refractivity contribution < 1.29 is 18.3 Å². The zero-order valence-corrected chi connectivity index (χ0v) is 9.05. The highest BCUT2D eigenvalue weighted by Gasteiger charge is 2.24. The molecule has 0 bridgehead atoms. The van der Waals surface area contributed by atoms with Crippen molar-refractivity contribution in [2.24, 2.45) is 0 Å². The molecule has 4 nitrogen and oxygen atoms in total. The molecular weight excluding hydrogens is 240 g/mol. The summed E-state index contributed by atoms with van der Waals surface area (Å²) in [6.07, 6.45) is 0. The maximum absolute atomic E-state index is 11.6. The van der Waals surface area contributed by atoms with E-state index in [0.29, 0.717) is 5.02 Å². The Morgan fingerprint density at radius 3 is 2.13 bits per heavy atom. The monoisotopic (exact) mass is 246 g/mol. The fourth-order valence-corrected chi connectivity index (χ4v) is 2.01. The maximum atomic E-state index is 11.6. The van der Waals surface area contributed by atoms with Crippen molar-refractivity contribution in [3.8, 4) is 0 Å². The standard InChI is InChI=1S/C9H7ClO4S/c1-6(9(11)12)15(13,14)8-4-2-7(10)3-5-8/h2-5H,1H2,(H,11,12). The van der Waals surface area contributed by atoms with Crippen LogP contribution in [0.2, 0.25) is 5.02 Å². The van der Waals surface area contributed by atoms with E-state index in [1.807, 2.05) is 0 Å². The number of hydrogen-bond donors (Lipinski definition) is 1. The summed E-state index contributed by atoms with van der Waals surface area (Å²) in [7, 11) is -4.01. The highest BCUT2D eigenvalue weighted by molar-refractivity contribution is 7.96. The van der Waals surface area contributed by atoms with Crippen molar-refractivity contribution in [2.75, 3.05) is 0 Å². The molecule has 1 N–H and O–H groups in total. The van der Waals surface area contributed by atoms with E-state index in [1.165, 1.54) is 24.3 Å². The number of aliphatic carboxylic acids is 1. The molecule has 1 aromatic carbocycles. The third-order valence-electron chi connectivity index (χ3n) is 1.69. The molecule has 0 saturated carbocycles. The largest absolute Gasteiger partial charge is 0.477 e. The van der Waals surface area contributed by atoms with E-state index in [-0.39, 0.29) is 4.90 Å². The molecule has 0 amide bonds. The second-order valence-corrected chi connectivity index (χ2v) is 5.09. The first-order valence-electron chi connectivity index (χ1n) is 3.78. The lowest BCUT2D eigenvalue weighted by Crippen LogP contribution is -2.11. The van der Waals surface area contributed by atoms with Gasteiger partial charge in [-0.05, 0) is 24.3 Å². The fourth-order valence-electron chi connectivity index (χ4n) is 0.871. The Hall–Kier alpha value is -1.33. The van der Waals surface area contributed by atoms with Gasteiger partial charge in [0.15, 0.2) is 0 Å². The van der Waals surface area contributed by atoms with Gasteiger partial charge in [0.05, 0.1) is 4.90 Å². The quantitative estimate of drug-likeness (QED) is 0.825. The van der Waals surface area contributed by atoms with Crippen LogP contribution in [0.15, 0.2) is 40.6 Å². The van der Waals surface area contributed by atoms with E-state index < -0.39 is 20.7 Å². The topological polar surface area (TPSA) is 71.4 Å². The van der Waals surface area contributed by atoms with Crippen molar-refractivity contribution in [2.45, 2.75) is 4.90 Å². The van der Waals surface area contributed by atoms with Crippen LogP contribution in [0.3, 0.4) is 0 Å². The summed E-state index contributed by atoms with van der Waals surface area (Å²) in [4.78, 5) is 9.49. The fraction of sp³-hybridized carbons (Fsp3) is 0. The molecule has 1 aromatic rings. The minimum absolute atomic E-state index is 0.140. The van der Waals surface area contributed by atoms with Gasteiger partial charge in [-0.15, -0.1) is 0 Å². The van der Waals surface area contributed by atoms with E-state index in [0.717, 1.165) is 0 Å². The molecule has 0 atom stereocenters. The lowest BCUT2D eigenvalue weighted by Gasteiger charge is -2.03. The van der Waals surface area contributed by atoms with Gasteiger partial charge < -0.3 is 5.11 Å². The predicted molar refractivity (Wildman–Crippen MR) is 55.4 cm³/mol. The molecule has 0 fully saturated rings. The summed E-state index contributed by atoms with van der Waals surface area (Å²) in [5.74, 6) is -1.56. The van der Waals surface area contributed by atoms with Crippen LogP contribution >= 0.6 is 11.6 Å². The SMILES string of the molecule is C=C(C(=O)O)S(=O)(=O)c1ccc(Cl)cc1. The van der Waals surface area contributed by atoms with Gasteiger partial charge in [0.25, 0.3) is 0 Å². The zero-order valence-electron chi connectivity index (χ0n) is 7.47. The van der Waals surface area contributed by atoms with Gasteiger partial charge in [-0.2, -0.15) is 0 Å². The van der Waals surface area contributed by atoms with Crippen LogP contribution in [0, 0.1) is 0 Å². The first-order valence-corrected chi connectivity index (χ1v) is 5.64. The van der Waals surface area contributed by atoms with Crippen molar-refractivity contribution in [1.82, 2.24) is 0 Å². The highest BCUT2D eigenvalue weighted by atomic mass is 35.5. The van der Waals surface area contributed by atoms with Gasteiger partial charge in [0.1, 0.15) is 4.91 Å². The molecule has 0 heterocycles. The Morgan fingerprint density at radius 1 is 1.27 bits per heavy atom. The minimum Gasteiger partial charge on any atom is -0.477 e. The molecule has 6 heteroatoms. The molecule has 0 unspecified atom stereocenters. The Kier molecular flexibility index (Phi) is 3.16. The van der Waals surface area contributed by atoms with Gasteiger partial charge >= 0.3 is 5.97 Å². The van der Waals surface area contributed by atoms with E-state index in [4.69, 9.17) is 16.7 Å². The van der Waals surface area contributed by atoms with Crippen molar-refractivity contribution >= 4 is 27.4 Å². The van der Waals surface area contributed by atoms with E-state index in [9.17, 15) is 13.2 Å². The van der Waals surface area contributed by atoms with Crippen LogP contribution in [-0.4, -0.2) is 19.5 Å². The number of carboxylic acid groups (broad SMARTS) is 1. The number of carbonyl (C=O) groups is 1. The number of sulfone groups is 1. The average molecular weight is 247 g/mol. The number of rotatable bonds is 3. The predicted octanol–water partition coefficient (Wildman–Crippen LogP) is 1.71. The van der Waals surface area contributed by atoms with Gasteiger partial charge in [-0.25, -0.2) is 13.2 Å². The molecule has 0 saturated heterocycles. The summed E-state index contributed by atoms with van der Waals surface area (Å²) in [6.45, 7) is 3.00. The number of carboxylic acids is 1. The average Bonchev–Trinajstić information content (AvgIpc) is 2.17. The number of hydrogen-bond acceptors (Lipinski definition) is 3. The maximum Gasteiger partial charge on any atom is 0.347 e. The van der Waals surface area contributed by atoms with Crippen molar-refractivity contribution in [3.63, 3.8) is 0 Å². The molecule has 0 radical (unpaired) electrons. The van der Waals surface area contributed by atoms with Crippen LogP contribution in [0.5, 0.6) is 0 Å². The summed E-state index contributed by atoms with van der Waals surface area (Å²) < 4.78 is 23.1.